The number of thioether (sulfide) groups is 2. The van der Waals surface area contributed by atoms with Crippen LogP contribution in [-0.2, 0) is 0 Å². The Hall–Kier alpha value is -1.10. The van der Waals surface area contributed by atoms with Crippen molar-refractivity contribution in [3.05, 3.63) is 23.8 Å². The molecular formula is C9H6N2S2. The molecule has 0 amide bonds. The lowest BCUT2D eigenvalue weighted by Crippen LogP contribution is -1.81. The first-order valence-corrected chi connectivity index (χ1v) is 5.14. The number of benzene rings is 1. The molecule has 1 rings (SSSR count). The summed E-state index contributed by atoms with van der Waals surface area (Å²) in [4.78, 5) is 1.84. The van der Waals surface area contributed by atoms with E-state index in [0.717, 1.165) is 38.9 Å². The van der Waals surface area contributed by atoms with Crippen molar-refractivity contribution in [3.63, 3.8) is 0 Å². The Bertz CT molecular complexity index is 353. The van der Waals surface area contributed by atoms with Crippen LogP contribution in [0.2, 0.25) is 0 Å². The minimum Gasteiger partial charge on any atom is -0.185 e. The third-order valence-electron chi connectivity index (χ3n) is 1.55. The number of nitrogens with zero attached hydrogens (tertiary/aromatic N) is 2. The number of rotatable bonds is 2. The molecule has 0 aliphatic carbocycles. The SMILES string of the molecule is Cc1c(SC#N)cccc1SC#N. The third-order valence-corrected chi connectivity index (χ3v) is 3.05. The molecular weight excluding hydrogens is 200 g/mol. The molecule has 0 spiro atoms. The predicted octanol–water partition coefficient (Wildman–Crippen LogP) is 3.14. The Morgan fingerprint density at radius 1 is 1.08 bits per heavy atom. The van der Waals surface area contributed by atoms with Crippen LogP contribution < -0.4 is 0 Å². The maximum Gasteiger partial charge on any atom is 0.138 e. The van der Waals surface area contributed by atoms with Gasteiger partial charge in [-0.05, 0) is 48.1 Å². The third kappa shape index (κ3) is 2.42. The van der Waals surface area contributed by atoms with Crippen LogP contribution in [0, 0.1) is 28.3 Å². The monoisotopic (exact) mass is 206 g/mol. The summed E-state index contributed by atoms with van der Waals surface area (Å²) >= 11 is 2.25. The van der Waals surface area contributed by atoms with Gasteiger partial charge in [0.05, 0.1) is 0 Å². The summed E-state index contributed by atoms with van der Waals surface area (Å²) in [5.74, 6) is 0. The molecule has 0 heterocycles. The molecule has 0 unspecified atom stereocenters. The van der Waals surface area contributed by atoms with Crippen LogP contribution in [0.5, 0.6) is 0 Å². The van der Waals surface area contributed by atoms with E-state index < -0.39 is 0 Å². The smallest absolute Gasteiger partial charge is 0.138 e. The second kappa shape index (κ2) is 4.81. The van der Waals surface area contributed by atoms with E-state index in [2.05, 4.69) is 0 Å². The van der Waals surface area contributed by atoms with Gasteiger partial charge in [0.25, 0.3) is 0 Å². The maximum atomic E-state index is 8.51. The second-order valence-corrected chi connectivity index (χ2v) is 3.92. The van der Waals surface area contributed by atoms with Crippen molar-refractivity contribution in [2.24, 2.45) is 0 Å². The first-order valence-electron chi connectivity index (χ1n) is 3.51. The Morgan fingerprint density at radius 3 is 1.92 bits per heavy atom. The lowest BCUT2D eigenvalue weighted by Gasteiger charge is -2.03. The van der Waals surface area contributed by atoms with Crippen LogP contribution in [0.15, 0.2) is 28.0 Å². The molecule has 0 radical (unpaired) electrons. The van der Waals surface area contributed by atoms with Crippen LogP contribution in [-0.4, -0.2) is 0 Å². The van der Waals surface area contributed by atoms with E-state index in [4.69, 9.17) is 10.5 Å². The molecule has 0 aliphatic heterocycles. The van der Waals surface area contributed by atoms with Crippen LogP contribution >= 0.6 is 23.5 Å². The standard InChI is InChI=1S/C9H6N2S2/c1-7-8(12-5-10)3-2-4-9(7)13-6-11/h2-4H,1H3. The van der Waals surface area contributed by atoms with E-state index >= 15 is 0 Å². The normalized spacial score (nSPS) is 8.85. The number of hydrogen-bond acceptors (Lipinski definition) is 4. The zero-order valence-electron chi connectivity index (χ0n) is 6.94. The van der Waals surface area contributed by atoms with Crippen LogP contribution in [0.25, 0.3) is 0 Å². The van der Waals surface area contributed by atoms with Crippen molar-refractivity contribution < 1.29 is 0 Å². The first-order chi connectivity index (χ1) is 6.29. The molecule has 64 valence electrons. The Kier molecular flexibility index (Phi) is 3.70. The zero-order valence-corrected chi connectivity index (χ0v) is 8.58. The fourth-order valence-electron chi connectivity index (χ4n) is 0.914. The van der Waals surface area contributed by atoms with Gasteiger partial charge in [0.1, 0.15) is 10.8 Å². The van der Waals surface area contributed by atoms with Gasteiger partial charge in [-0.25, -0.2) is 0 Å². The average molecular weight is 206 g/mol. The van der Waals surface area contributed by atoms with E-state index in [1.165, 1.54) is 0 Å². The zero-order chi connectivity index (χ0) is 9.68. The molecule has 0 fully saturated rings. The molecule has 0 atom stereocenters. The van der Waals surface area contributed by atoms with Crippen molar-refractivity contribution in [3.8, 4) is 10.8 Å². The van der Waals surface area contributed by atoms with Crippen molar-refractivity contribution >= 4 is 23.5 Å². The van der Waals surface area contributed by atoms with Gasteiger partial charge in [-0.3, -0.25) is 0 Å². The quantitative estimate of drug-likeness (QED) is 0.551. The van der Waals surface area contributed by atoms with Crippen molar-refractivity contribution in [2.75, 3.05) is 0 Å². The molecule has 0 saturated carbocycles. The Balaban J connectivity index is 3.06. The summed E-state index contributed by atoms with van der Waals surface area (Å²) in [6, 6.07) is 5.61. The molecule has 0 aliphatic rings. The number of nitriles is 2. The summed E-state index contributed by atoms with van der Waals surface area (Å²) < 4.78 is 0. The largest absolute Gasteiger partial charge is 0.185 e. The first kappa shape index (κ1) is 9.98. The number of hydrogen-bond donors (Lipinski definition) is 0. The van der Waals surface area contributed by atoms with Gasteiger partial charge in [0.2, 0.25) is 0 Å². The Morgan fingerprint density at radius 2 is 1.54 bits per heavy atom. The van der Waals surface area contributed by atoms with E-state index in [1.807, 2.05) is 35.9 Å². The van der Waals surface area contributed by atoms with Gasteiger partial charge < -0.3 is 0 Å². The van der Waals surface area contributed by atoms with Crippen molar-refractivity contribution in [2.45, 2.75) is 16.7 Å². The molecule has 4 heteroatoms. The van der Waals surface area contributed by atoms with Gasteiger partial charge in [-0.2, -0.15) is 10.5 Å². The van der Waals surface area contributed by atoms with Crippen molar-refractivity contribution in [1.82, 2.24) is 0 Å². The maximum absolute atomic E-state index is 8.51. The minimum atomic E-state index is 0.919. The van der Waals surface area contributed by atoms with Crippen LogP contribution in [0.1, 0.15) is 5.56 Å². The molecule has 0 N–H and O–H groups in total. The Labute approximate surface area is 85.6 Å². The topological polar surface area (TPSA) is 47.6 Å². The van der Waals surface area contributed by atoms with Gasteiger partial charge >= 0.3 is 0 Å². The van der Waals surface area contributed by atoms with Gasteiger partial charge in [0, 0.05) is 9.79 Å². The second-order valence-electron chi connectivity index (χ2n) is 2.27. The molecule has 0 saturated heterocycles. The summed E-state index contributed by atoms with van der Waals surface area (Å²) in [6.45, 7) is 1.92. The lowest BCUT2D eigenvalue weighted by atomic mass is 10.2. The molecule has 2 nitrogen and oxygen atoms in total. The fraction of sp³-hybridized carbons (Fsp3) is 0.111. The molecule has 13 heavy (non-hydrogen) atoms. The molecule has 1 aromatic carbocycles. The van der Waals surface area contributed by atoms with Gasteiger partial charge in [-0.1, -0.05) is 6.07 Å². The highest BCUT2D eigenvalue weighted by Crippen LogP contribution is 2.29. The van der Waals surface area contributed by atoms with E-state index in [-0.39, 0.29) is 0 Å². The summed E-state index contributed by atoms with van der Waals surface area (Å²) in [7, 11) is 0. The minimum absolute atomic E-state index is 0.919. The van der Waals surface area contributed by atoms with Gasteiger partial charge in [0.15, 0.2) is 0 Å². The van der Waals surface area contributed by atoms with E-state index in [0.29, 0.717) is 0 Å². The van der Waals surface area contributed by atoms with E-state index in [1.54, 1.807) is 0 Å². The highest BCUT2D eigenvalue weighted by Gasteiger charge is 2.03. The average Bonchev–Trinajstić information content (AvgIpc) is 2.13. The van der Waals surface area contributed by atoms with Gasteiger partial charge in [-0.15, -0.1) is 0 Å². The van der Waals surface area contributed by atoms with E-state index in [9.17, 15) is 0 Å². The molecule has 0 aromatic heterocycles. The lowest BCUT2D eigenvalue weighted by molar-refractivity contribution is 1.20. The van der Waals surface area contributed by atoms with Crippen LogP contribution in [0.4, 0.5) is 0 Å². The molecule has 1 aromatic rings. The van der Waals surface area contributed by atoms with Crippen molar-refractivity contribution in [1.29, 1.82) is 10.5 Å². The summed E-state index contributed by atoms with van der Waals surface area (Å²) in [6.07, 6.45) is 0. The number of thiocyanates is 2. The predicted molar refractivity (Wildman–Crippen MR) is 54.1 cm³/mol. The highest BCUT2D eigenvalue weighted by atomic mass is 32.2. The molecule has 0 bridgehead atoms. The highest BCUT2D eigenvalue weighted by molar-refractivity contribution is 8.04. The van der Waals surface area contributed by atoms with Crippen LogP contribution in [0.3, 0.4) is 0 Å². The summed E-state index contributed by atoms with van der Waals surface area (Å²) in [5, 5.41) is 21.0. The summed E-state index contributed by atoms with van der Waals surface area (Å²) in [5.41, 5.74) is 1.00. The fourth-order valence-corrected chi connectivity index (χ4v) is 1.99.